The van der Waals surface area contributed by atoms with Crippen LogP contribution in [0.5, 0.6) is 0 Å². The standard InChI is InChI=1S/C23H14ClNOS/c24-18-10-11-20-17(13-18)14-21(26-20)16-8-5-15(6-9-16)7-12-23-25-19-3-1-2-4-22(19)27-23/h1-14H/b12-7+. The van der Waals surface area contributed by atoms with Gasteiger partial charge in [-0.15, -0.1) is 11.3 Å². The van der Waals surface area contributed by atoms with Crippen LogP contribution >= 0.6 is 22.9 Å². The summed E-state index contributed by atoms with van der Waals surface area (Å²) >= 11 is 7.75. The average Bonchev–Trinajstić information content (AvgIpc) is 3.30. The summed E-state index contributed by atoms with van der Waals surface area (Å²) in [5, 5.41) is 2.73. The van der Waals surface area contributed by atoms with Gasteiger partial charge in [0.05, 0.1) is 10.2 Å². The molecule has 0 amide bonds. The number of aromatic nitrogens is 1. The van der Waals surface area contributed by atoms with Crippen LogP contribution in [0.25, 0.3) is 44.7 Å². The van der Waals surface area contributed by atoms with Crippen LogP contribution in [0, 0.1) is 0 Å². The highest BCUT2D eigenvalue weighted by Gasteiger charge is 2.06. The number of furan rings is 1. The SMILES string of the molecule is Clc1ccc2oc(-c3ccc(/C=C/c4nc5ccccc5s4)cc3)cc2c1. The topological polar surface area (TPSA) is 26.0 Å². The van der Waals surface area contributed by atoms with Gasteiger partial charge in [-0.1, -0.05) is 54.1 Å². The minimum atomic E-state index is 0.713. The summed E-state index contributed by atoms with van der Waals surface area (Å²) in [5.74, 6) is 0.842. The summed E-state index contributed by atoms with van der Waals surface area (Å²) in [6.07, 6.45) is 4.14. The first-order valence-electron chi connectivity index (χ1n) is 8.58. The van der Waals surface area contributed by atoms with Gasteiger partial charge in [0.2, 0.25) is 0 Å². The van der Waals surface area contributed by atoms with Gasteiger partial charge in [0.15, 0.2) is 0 Å². The number of nitrogens with zero attached hydrogens (tertiary/aromatic N) is 1. The number of para-hydroxylation sites is 1. The van der Waals surface area contributed by atoms with Crippen LogP contribution in [0.2, 0.25) is 5.02 Å². The normalized spacial score (nSPS) is 11.7. The molecule has 5 rings (SSSR count). The second-order valence-corrected chi connectivity index (χ2v) is 7.77. The zero-order valence-corrected chi connectivity index (χ0v) is 15.8. The first-order valence-corrected chi connectivity index (χ1v) is 9.77. The minimum absolute atomic E-state index is 0.713. The van der Waals surface area contributed by atoms with E-state index in [2.05, 4.69) is 47.5 Å². The Morgan fingerprint density at radius 1 is 0.889 bits per heavy atom. The van der Waals surface area contributed by atoms with Crippen molar-refractivity contribution in [2.24, 2.45) is 0 Å². The first kappa shape index (κ1) is 16.3. The van der Waals surface area contributed by atoms with Crippen LogP contribution in [0.4, 0.5) is 0 Å². The maximum atomic E-state index is 6.05. The smallest absolute Gasteiger partial charge is 0.135 e. The maximum absolute atomic E-state index is 6.05. The van der Waals surface area contributed by atoms with Gasteiger partial charge in [-0.25, -0.2) is 4.98 Å². The zero-order valence-electron chi connectivity index (χ0n) is 14.2. The molecule has 5 aromatic rings. The lowest BCUT2D eigenvalue weighted by atomic mass is 10.1. The van der Waals surface area contributed by atoms with E-state index in [9.17, 15) is 0 Å². The lowest BCUT2D eigenvalue weighted by Crippen LogP contribution is -1.75. The van der Waals surface area contributed by atoms with Crippen LogP contribution in [0.3, 0.4) is 0 Å². The van der Waals surface area contributed by atoms with Crippen LogP contribution < -0.4 is 0 Å². The molecule has 130 valence electrons. The molecule has 0 unspecified atom stereocenters. The Kier molecular flexibility index (Phi) is 4.04. The molecule has 0 spiro atoms. The summed E-state index contributed by atoms with van der Waals surface area (Å²) < 4.78 is 7.13. The third kappa shape index (κ3) is 3.27. The highest BCUT2D eigenvalue weighted by Crippen LogP contribution is 2.30. The number of rotatable bonds is 3. The molecule has 0 aliphatic rings. The van der Waals surface area contributed by atoms with Crippen molar-refractivity contribution in [3.8, 4) is 11.3 Å². The Labute approximate surface area is 165 Å². The summed E-state index contributed by atoms with van der Waals surface area (Å²) in [5.41, 5.74) is 4.05. The van der Waals surface area contributed by atoms with E-state index in [1.807, 2.05) is 42.5 Å². The van der Waals surface area contributed by atoms with Gasteiger partial charge >= 0.3 is 0 Å². The molecular weight excluding hydrogens is 374 g/mol. The van der Waals surface area contributed by atoms with Crippen LogP contribution in [-0.4, -0.2) is 4.98 Å². The van der Waals surface area contributed by atoms with Gasteiger partial charge in [-0.3, -0.25) is 0 Å². The number of thiazole rings is 1. The van der Waals surface area contributed by atoms with Crippen molar-refractivity contribution in [2.75, 3.05) is 0 Å². The van der Waals surface area contributed by atoms with Crippen molar-refractivity contribution in [1.29, 1.82) is 0 Å². The summed E-state index contributed by atoms with van der Waals surface area (Å²) in [7, 11) is 0. The van der Waals surface area contributed by atoms with Crippen molar-refractivity contribution in [1.82, 2.24) is 4.98 Å². The van der Waals surface area contributed by atoms with Crippen molar-refractivity contribution in [3.05, 3.63) is 88.4 Å². The Morgan fingerprint density at radius 2 is 1.74 bits per heavy atom. The van der Waals surface area contributed by atoms with Gasteiger partial charge in [-0.2, -0.15) is 0 Å². The van der Waals surface area contributed by atoms with Gasteiger partial charge in [0.1, 0.15) is 16.4 Å². The number of fused-ring (bicyclic) bond motifs is 2. The fourth-order valence-corrected chi connectivity index (χ4v) is 4.09. The van der Waals surface area contributed by atoms with E-state index < -0.39 is 0 Å². The largest absolute Gasteiger partial charge is 0.456 e. The predicted octanol–water partition coefficient (Wildman–Crippen LogP) is 7.53. The molecule has 0 fully saturated rings. The number of benzene rings is 3. The molecule has 2 heterocycles. The third-order valence-electron chi connectivity index (χ3n) is 4.40. The average molecular weight is 388 g/mol. The predicted molar refractivity (Wildman–Crippen MR) is 115 cm³/mol. The van der Waals surface area contributed by atoms with Gasteiger partial charge in [0, 0.05) is 16.0 Å². The molecule has 0 bridgehead atoms. The molecule has 0 saturated carbocycles. The zero-order chi connectivity index (χ0) is 18.2. The van der Waals surface area contributed by atoms with Gasteiger partial charge < -0.3 is 4.42 Å². The van der Waals surface area contributed by atoms with E-state index in [1.165, 1.54) is 4.70 Å². The van der Waals surface area contributed by atoms with E-state index >= 15 is 0 Å². The Morgan fingerprint density at radius 3 is 2.59 bits per heavy atom. The first-order chi connectivity index (χ1) is 13.2. The minimum Gasteiger partial charge on any atom is -0.456 e. The number of hydrogen-bond donors (Lipinski definition) is 0. The fourth-order valence-electron chi connectivity index (χ4n) is 3.04. The van der Waals surface area contributed by atoms with E-state index in [1.54, 1.807) is 11.3 Å². The molecule has 27 heavy (non-hydrogen) atoms. The molecule has 4 heteroatoms. The number of hydrogen-bond acceptors (Lipinski definition) is 3. The molecule has 0 saturated heterocycles. The highest BCUT2D eigenvalue weighted by atomic mass is 35.5. The van der Waals surface area contributed by atoms with Crippen molar-refractivity contribution in [3.63, 3.8) is 0 Å². The summed E-state index contributed by atoms with van der Waals surface area (Å²) in [4.78, 5) is 4.63. The Balaban J connectivity index is 1.40. The van der Waals surface area contributed by atoms with E-state index in [0.29, 0.717) is 5.02 Å². The second-order valence-electron chi connectivity index (χ2n) is 6.27. The Bertz CT molecular complexity index is 1250. The molecule has 0 aliphatic heterocycles. The van der Waals surface area contributed by atoms with Gasteiger partial charge in [-0.05, 0) is 48.0 Å². The number of halogens is 1. The van der Waals surface area contributed by atoms with Crippen LogP contribution in [-0.2, 0) is 0 Å². The molecule has 2 aromatic heterocycles. The maximum Gasteiger partial charge on any atom is 0.135 e. The molecule has 0 N–H and O–H groups in total. The monoisotopic (exact) mass is 387 g/mol. The van der Waals surface area contributed by atoms with E-state index in [-0.39, 0.29) is 0 Å². The molecule has 3 aromatic carbocycles. The molecule has 2 nitrogen and oxygen atoms in total. The quantitative estimate of drug-likeness (QED) is 0.319. The van der Waals surface area contributed by atoms with Crippen LogP contribution in [0.1, 0.15) is 10.6 Å². The molecular formula is C23H14ClNOS. The lowest BCUT2D eigenvalue weighted by Gasteiger charge is -1.98. The van der Waals surface area contributed by atoms with Crippen LogP contribution in [0.15, 0.2) is 77.2 Å². The van der Waals surface area contributed by atoms with Crippen molar-refractivity contribution >= 4 is 56.3 Å². The molecule has 0 radical (unpaired) electrons. The lowest BCUT2D eigenvalue weighted by molar-refractivity contribution is 0.631. The highest BCUT2D eigenvalue weighted by molar-refractivity contribution is 7.19. The summed E-state index contributed by atoms with van der Waals surface area (Å²) in [6, 6.07) is 24.2. The summed E-state index contributed by atoms with van der Waals surface area (Å²) in [6.45, 7) is 0. The fraction of sp³-hybridized carbons (Fsp3) is 0. The second kappa shape index (κ2) is 6.69. The third-order valence-corrected chi connectivity index (χ3v) is 5.64. The van der Waals surface area contributed by atoms with Gasteiger partial charge in [0.25, 0.3) is 0 Å². The van der Waals surface area contributed by atoms with E-state index in [0.717, 1.165) is 38.4 Å². The van der Waals surface area contributed by atoms with Crippen molar-refractivity contribution in [2.45, 2.75) is 0 Å². The molecule has 0 aliphatic carbocycles. The van der Waals surface area contributed by atoms with E-state index in [4.69, 9.17) is 16.0 Å². The molecule has 0 atom stereocenters. The van der Waals surface area contributed by atoms with Crippen molar-refractivity contribution < 1.29 is 4.42 Å². The Hall–Kier alpha value is -2.88.